The number of halogens is 3. The van der Waals surface area contributed by atoms with Gasteiger partial charge in [-0.1, -0.05) is 11.8 Å². The van der Waals surface area contributed by atoms with Gasteiger partial charge < -0.3 is 5.73 Å². The van der Waals surface area contributed by atoms with Crippen LogP contribution in [0.5, 0.6) is 0 Å². The molecular formula is C10H8BrF2N. The van der Waals surface area contributed by atoms with Crippen LogP contribution in [0, 0.1) is 23.5 Å². The van der Waals surface area contributed by atoms with Crippen molar-refractivity contribution in [1.82, 2.24) is 0 Å². The molecule has 0 saturated heterocycles. The molecule has 1 aromatic rings. The number of nitrogens with two attached hydrogens (primary N) is 1. The molecule has 0 aliphatic rings. The van der Waals surface area contributed by atoms with Crippen molar-refractivity contribution in [3.8, 4) is 11.8 Å². The van der Waals surface area contributed by atoms with Gasteiger partial charge in [-0.2, -0.15) is 0 Å². The highest BCUT2D eigenvalue weighted by Crippen LogP contribution is 2.19. The van der Waals surface area contributed by atoms with Crippen LogP contribution in [0.4, 0.5) is 8.78 Å². The monoisotopic (exact) mass is 259 g/mol. The molecule has 1 nitrogen and oxygen atoms in total. The fourth-order valence-electron chi connectivity index (χ4n) is 0.848. The van der Waals surface area contributed by atoms with Crippen LogP contribution in [0.1, 0.15) is 12.0 Å². The summed E-state index contributed by atoms with van der Waals surface area (Å²) >= 11 is 2.88. The Kier molecular flexibility index (Phi) is 4.05. The van der Waals surface area contributed by atoms with Crippen LogP contribution in [0.25, 0.3) is 0 Å². The molecule has 0 spiro atoms. The second kappa shape index (κ2) is 5.08. The molecule has 4 heteroatoms. The molecule has 0 bridgehead atoms. The molecule has 0 aliphatic carbocycles. The van der Waals surface area contributed by atoms with E-state index in [1.165, 1.54) is 0 Å². The average molecular weight is 260 g/mol. The van der Waals surface area contributed by atoms with E-state index in [1.807, 2.05) is 0 Å². The molecule has 1 rings (SSSR count). The van der Waals surface area contributed by atoms with Crippen LogP contribution in [0.2, 0.25) is 0 Å². The van der Waals surface area contributed by atoms with Crippen LogP contribution >= 0.6 is 15.9 Å². The molecule has 1 aromatic carbocycles. The molecule has 0 unspecified atom stereocenters. The number of rotatable bonds is 1. The topological polar surface area (TPSA) is 26.0 Å². The minimum absolute atomic E-state index is 0.0548. The van der Waals surface area contributed by atoms with E-state index in [-0.39, 0.29) is 10.0 Å². The van der Waals surface area contributed by atoms with Gasteiger partial charge in [-0.3, -0.25) is 0 Å². The van der Waals surface area contributed by atoms with Gasteiger partial charge in [0.2, 0.25) is 0 Å². The lowest BCUT2D eigenvalue weighted by molar-refractivity contribution is 0.591. The second-order valence-electron chi connectivity index (χ2n) is 2.59. The Hall–Kier alpha value is -0.920. The summed E-state index contributed by atoms with van der Waals surface area (Å²) in [7, 11) is 0. The van der Waals surface area contributed by atoms with Crippen molar-refractivity contribution < 1.29 is 8.78 Å². The fourth-order valence-corrected chi connectivity index (χ4v) is 1.16. The summed E-state index contributed by atoms with van der Waals surface area (Å²) in [5, 5.41) is 0. The van der Waals surface area contributed by atoms with Gasteiger partial charge in [-0.05, 0) is 28.1 Å². The van der Waals surface area contributed by atoms with E-state index in [4.69, 9.17) is 5.73 Å². The van der Waals surface area contributed by atoms with Crippen molar-refractivity contribution in [2.24, 2.45) is 5.73 Å². The summed E-state index contributed by atoms with van der Waals surface area (Å²) in [6.45, 7) is 0.410. The van der Waals surface area contributed by atoms with E-state index in [2.05, 4.69) is 27.8 Å². The molecule has 0 amide bonds. The minimum atomic E-state index is -0.539. The van der Waals surface area contributed by atoms with E-state index in [0.717, 1.165) is 12.1 Å². The lowest BCUT2D eigenvalue weighted by Crippen LogP contribution is -1.95. The van der Waals surface area contributed by atoms with E-state index >= 15 is 0 Å². The quantitative estimate of drug-likeness (QED) is 0.609. The lowest BCUT2D eigenvalue weighted by atomic mass is 10.2. The molecule has 74 valence electrons. The minimum Gasteiger partial charge on any atom is -0.330 e. The number of benzene rings is 1. The molecule has 0 heterocycles. The van der Waals surface area contributed by atoms with Crippen molar-refractivity contribution in [1.29, 1.82) is 0 Å². The smallest absolute Gasteiger partial charge is 0.140 e. The van der Waals surface area contributed by atoms with Crippen LogP contribution in [0.3, 0.4) is 0 Å². The summed E-state index contributed by atoms with van der Waals surface area (Å²) in [6, 6.07) is 2.12. The van der Waals surface area contributed by atoms with Gasteiger partial charge in [0.05, 0.1) is 10.0 Å². The highest BCUT2D eigenvalue weighted by molar-refractivity contribution is 9.10. The molecule has 2 N–H and O–H groups in total. The Morgan fingerprint density at radius 1 is 1.29 bits per heavy atom. The van der Waals surface area contributed by atoms with Crippen LogP contribution in [-0.4, -0.2) is 6.54 Å². The SMILES string of the molecule is NCCC#Cc1cc(F)c(Br)cc1F. The van der Waals surface area contributed by atoms with Gasteiger partial charge in [-0.25, -0.2) is 8.78 Å². The zero-order valence-electron chi connectivity index (χ0n) is 7.28. The predicted octanol–water partition coefficient (Wildman–Crippen LogP) is 2.43. The molecule has 0 aliphatic heterocycles. The average Bonchev–Trinajstić information content (AvgIpc) is 2.14. The van der Waals surface area contributed by atoms with Crippen LogP contribution in [-0.2, 0) is 0 Å². The normalized spacial score (nSPS) is 9.43. The molecule has 0 atom stereocenters. The third-order valence-corrected chi connectivity index (χ3v) is 2.11. The maximum Gasteiger partial charge on any atom is 0.140 e. The first-order valence-corrected chi connectivity index (χ1v) is 4.78. The first-order chi connectivity index (χ1) is 6.65. The zero-order valence-corrected chi connectivity index (χ0v) is 8.87. The largest absolute Gasteiger partial charge is 0.330 e. The van der Waals surface area contributed by atoms with Gasteiger partial charge in [0, 0.05) is 13.0 Å². The van der Waals surface area contributed by atoms with Crippen molar-refractivity contribution in [3.05, 3.63) is 33.8 Å². The van der Waals surface area contributed by atoms with Gasteiger partial charge in [0.1, 0.15) is 11.6 Å². The Balaban J connectivity index is 3.00. The van der Waals surface area contributed by atoms with Crippen molar-refractivity contribution >= 4 is 15.9 Å². The zero-order chi connectivity index (χ0) is 10.6. The van der Waals surface area contributed by atoms with Crippen molar-refractivity contribution in [3.63, 3.8) is 0 Å². The fraction of sp³-hybridized carbons (Fsp3) is 0.200. The Labute approximate surface area is 89.4 Å². The first-order valence-electron chi connectivity index (χ1n) is 3.98. The highest BCUT2D eigenvalue weighted by atomic mass is 79.9. The molecule has 0 aromatic heterocycles. The van der Waals surface area contributed by atoms with Gasteiger partial charge in [0.15, 0.2) is 0 Å². The van der Waals surface area contributed by atoms with Gasteiger partial charge in [0.25, 0.3) is 0 Å². The predicted molar refractivity (Wildman–Crippen MR) is 54.6 cm³/mol. The third kappa shape index (κ3) is 2.79. The molecular weight excluding hydrogens is 252 g/mol. The number of hydrogen-bond donors (Lipinski definition) is 1. The number of hydrogen-bond acceptors (Lipinski definition) is 1. The molecule has 0 fully saturated rings. The second-order valence-corrected chi connectivity index (χ2v) is 3.44. The summed E-state index contributed by atoms with van der Waals surface area (Å²) in [5.41, 5.74) is 5.26. The third-order valence-electron chi connectivity index (χ3n) is 1.50. The van der Waals surface area contributed by atoms with Crippen LogP contribution in [0.15, 0.2) is 16.6 Å². The Morgan fingerprint density at radius 2 is 2.00 bits per heavy atom. The van der Waals surface area contributed by atoms with Crippen molar-refractivity contribution in [2.45, 2.75) is 6.42 Å². The molecule has 0 radical (unpaired) electrons. The Bertz CT molecular complexity index is 393. The highest BCUT2D eigenvalue weighted by Gasteiger charge is 2.05. The van der Waals surface area contributed by atoms with Crippen molar-refractivity contribution in [2.75, 3.05) is 6.54 Å². The molecule has 0 saturated carbocycles. The van der Waals surface area contributed by atoms with Gasteiger partial charge >= 0.3 is 0 Å². The van der Waals surface area contributed by atoms with E-state index in [9.17, 15) is 8.78 Å². The van der Waals surface area contributed by atoms with Gasteiger partial charge in [-0.15, -0.1) is 0 Å². The summed E-state index contributed by atoms with van der Waals surface area (Å²) in [5.74, 6) is 4.09. The van der Waals surface area contributed by atoms with Crippen LogP contribution < -0.4 is 5.73 Å². The standard InChI is InChI=1S/C10H8BrF2N/c11-8-6-9(12)7(5-10(8)13)3-1-2-4-14/h5-6H,2,4,14H2. The maximum atomic E-state index is 13.1. The summed E-state index contributed by atoms with van der Waals surface area (Å²) in [6.07, 6.45) is 0.469. The first kappa shape index (κ1) is 11.2. The van der Waals surface area contributed by atoms with E-state index in [1.54, 1.807) is 0 Å². The lowest BCUT2D eigenvalue weighted by Gasteiger charge is -1.97. The Morgan fingerprint density at radius 3 is 2.64 bits per heavy atom. The summed E-state index contributed by atoms with van der Waals surface area (Å²) in [4.78, 5) is 0. The maximum absolute atomic E-state index is 13.1. The van der Waals surface area contributed by atoms with E-state index < -0.39 is 11.6 Å². The van der Waals surface area contributed by atoms with E-state index in [0.29, 0.717) is 13.0 Å². The summed E-state index contributed by atoms with van der Waals surface area (Å²) < 4.78 is 26.2. The molecule has 14 heavy (non-hydrogen) atoms.